The van der Waals surface area contributed by atoms with Gasteiger partial charge >= 0.3 is 0 Å². The first-order valence-corrected chi connectivity index (χ1v) is 9.49. The molecule has 2 atom stereocenters. The molecule has 0 radical (unpaired) electrons. The van der Waals surface area contributed by atoms with Crippen molar-refractivity contribution in [2.45, 2.75) is 45.6 Å². The zero-order chi connectivity index (χ0) is 18.8. The quantitative estimate of drug-likeness (QED) is 0.791. The van der Waals surface area contributed by atoms with E-state index in [9.17, 15) is 9.59 Å². The first-order chi connectivity index (χ1) is 12.4. The molecule has 2 amide bonds. The molecule has 7 heteroatoms. The largest absolute Gasteiger partial charge is 0.354 e. The normalized spacial score (nSPS) is 22.5. The second kappa shape index (κ2) is 7.60. The van der Waals surface area contributed by atoms with E-state index in [2.05, 4.69) is 16.8 Å². The molecule has 2 bridgehead atoms. The summed E-state index contributed by atoms with van der Waals surface area (Å²) in [6.07, 6.45) is 3.70. The van der Waals surface area contributed by atoms with Gasteiger partial charge in [-0.2, -0.15) is 0 Å². The number of anilines is 1. The molecule has 1 aromatic heterocycles. The highest BCUT2D eigenvalue weighted by molar-refractivity contribution is 5.87. The Morgan fingerprint density at radius 3 is 2.73 bits per heavy atom. The van der Waals surface area contributed by atoms with Gasteiger partial charge in [0.2, 0.25) is 11.8 Å². The van der Waals surface area contributed by atoms with E-state index < -0.39 is 0 Å². The molecule has 4 rings (SSSR count). The maximum absolute atomic E-state index is 12.9. The third-order valence-electron chi connectivity index (χ3n) is 5.28. The molecule has 0 N–H and O–H groups in total. The topological polar surface area (TPSA) is 69.6 Å². The van der Waals surface area contributed by atoms with Crippen LogP contribution in [0.3, 0.4) is 0 Å². The lowest BCUT2D eigenvalue weighted by atomic mass is 9.94. The standard InChI is InChI=1S/C19H29N5O2/c1-5-6-16-20-13(2)9-17(21-16)23-10-14-7-8-15(11-23)24(19(14)26)12-18(25)22(3)4/h9,14-15H,5-8,10-12H2,1-4H3/t14-,15+/m1/s1. The Morgan fingerprint density at radius 1 is 1.27 bits per heavy atom. The van der Waals surface area contributed by atoms with E-state index in [1.165, 1.54) is 0 Å². The summed E-state index contributed by atoms with van der Waals surface area (Å²) in [7, 11) is 3.46. The van der Waals surface area contributed by atoms with Crippen molar-refractivity contribution in [3.8, 4) is 0 Å². The molecule has 0 spiro atoms. The third kappa shape index (κ3) is 3.81. The number of aryl methyl sites for hydroxylation is 2. The number of piperidine rings is 1. The fraction of sp³-hybridized carbons (Fsp3) is 0.684. The van der Waals surface area contributed by atoms with Gasteiger partial charge in [0.15, 0.2) is 0 Å². The summed E-state index contributed by atoms with van der Waals surface area (Å²) in [6, 6.07) is 2.07. The first kappa shape index (κ1) is 18.6. The predicted molar refractivity (Wildman–Crippen MR) is 99.9 cm³/mol. The first-order valence-electron chi connectivity index (χ1n) is 9.49. The van der Waals surface area contributed by atoms with Gasteiger partial charge in [-0.3, -0.25) is 9.59 Å². The van der Waals surface area contributed by atoms with Gasteiger partial charge in [-0.05, 0) is 26.2 Å². The molecule has 7 nitrogen and oxygen atoms in total. The molecule has 3 fully saturated rings. The van der Waals surface area contributed by atoms with E-state index >= 15 is 0 Å². The van der Waals surface area contributed by atoms with Crippen LogP contribution in [0.2, 0.25) is 0 Å². The Hall–Kier alpha value is -2.18. The molecular formula is C19H29N5O2. The average Bonchev–Trinajstić information content (AvgIpc) is 2.87. The molecule has 3 aliphatic heterocycles. The number of carbonyl (C=O) groups excluding carboxylic acids is 2. The Morgan fingerprint density at radius 2 is 2.04 bits per heavy atom. The van der Waals surface area contributed by atoms with Crippen LogP contribution >= 0.6 is 0 Å². The Balaban J connectivity index is 1.83. The van der Waals surface area contributed by atoms with E-state index in [0.29, 0.717) is 6.54 Å². The summed E-state index contributed by atoms with van der Waals surface area (Å²) in [4.78, 5) is 39.8. The van der Waals surface area contributed by atoms with E-state index in [1.807, 2.05) is 13.0 Å². The van der Waals surface area contributed by atoms with Gasteiger partial charge in [-0.15, -0.1) is 0 Å². The number of carbonyl (C=O) groups is 2. The lowest BCUT2D eigenvalue weighted by Gasteiger charge is -2.35. The van der Waals surface area contributed by atoms with Crippen molar-refractivity contribution in [1.29, 1.82) is 0 Å². The van der Waals surface area contributed by atoms with Gasteiger partial charge in [-0.25, -0.2) is 9.97 Å². The number of likely N-dealkylation sites (N-methyl/N-ethyl adjacent to an activating group) is 1. The minimum atomic E-state index is -0.0615. The SMILES string of the molecule is CCCc1nc(C)cc(N2C[C@H]3CC[C@@H](C2)N(CC(=O)N(C)C)C3=O)n1. The maximum atomic E-state index is 12.9. The van der Waals surface area contributed by atoms with Crippen LogP contribution in [-0.2, 0) is 16.0 Å². The molecule has 4 heterocycles. The van der Waals surface area contributed by atoms with Crippen molar-refractivity contribution in [3.63, 3.8) is 0 Å². The number of hydrogen-bond donors (Lipinski definition) is 0. The Bertz CT molecular complexity index is 691. The molecule has 142 valence electrons. The molecule has 3 saturated heterocycles. The molecule has 26 heavy (non-hydrogen) atoms. The van der Waals surface area contributed by atoms with Gasteiger partial charge in [0.05, 0.1) is 5.92 Å². The molecule has 0 aliphatic carbocycles. The van der Waals surface area contributed by atoms with Gasteiger partial charge in [0, 0.05) is 51.4 Å². The number of rotatable bonds is 5. The molecule has 3 aliphatic rings. The van der Waals surface area contributed by atoms with Crippen LogP contribution in [0, 0.1) is 12.8 Å². The maximum Gasteiger partial charge on any atom is 0.241 e. The van der Waals surface area contributed by atoms with E-state index in [-0.39, 0.29) is 30.3 Å². The van der Waals surface area contributed by atoms with Crippen LogP contribution in [0.5, 0.6) is 0 Å². The highest BCUT2D eigenvalue weighted by Gasteiger charge is 2.41. The number of nitrogens with zero attached hydrogens (tertiary/aromatic N) is 5. The Labute approximate surface area is 155 Å². The summed E-state index contributed by atoms with van der Waals surface area (Å²) in [5, 5.41) is 0. The predicted octanol–water partition coefficient (Wildman–Crippen LogP) is 1.25. The molecule has 1 aromatic rings. The summed E-state index contributed by atoms with van der Waals surface area (Å²) in [5.41, 5.74) is 0.959. The Kier molecular flexibility index (Phi) is 5.44. The van der Waals surface area contributed by atoms with Crippen molar-refractivity contribution in [3.05, 3.63) is 17.6 Å². The minimum Gasteiger partial charge on any atom is -0.354 e. The molecular weight excluding hydrogens is 330 g/mol. The van der Waals surface area contributed by atoms with Gasteiger partial charge in [0.1, 0.15) is 18.2 Å². The van der Waals surface area contributed by atoms with Crippen LogP contribution < -0.4 is 4.90 Å². The van der Waals surface area contributed by atoms with Crippen LogP contribution in [0.25, 0.3) is 0 Å². The van der Waals surface area contributed by atoms with E-state index in [0.717, 1.165) is 49.6 Å². The highest BCUT2D eigenvalue weighted by Crippen LogP contribution is 2.31. The highest BCUT2D eigenvalue weighted by atomic mass is 16.2. The number of aromatic nitrogens is 2. The summed E-state index contributed by atoms with van der Waals surface area (Å²) in [5.74, 6) is 1.80. The zero-order valence-corrected chi connectivity index (χ0v) is 16.2. The summed E-state index contributed by atoms with van der Waals surface area (Å²) in [6.45, 7) is 5.68. The molecule has 0 saturated carbocycles. The van der Waals surface area contributed by atoms with E-state index in [1.54, 1.807) is 23.9 Å². The van der Waals surface area contributed by atoms with Crippen molar-refractivity contribution in [1.82, 2.24) is 19.8 Å². The van der Waals surface area contributed by atoms with E-state index in [4.69, 9.17) is 4.98 Å². The van der Waals surface area contributed by atoms with Crippen LogP contribution in [0.15, 0.2) is 6.07 Å². The van der Waals surface area contributed by atoms with Crippen LogP contribution in [-0.4, -0.2) is 71.4 Å². The lowest BCUT2D eigenvalue weighted by Crippen LogP contribution is -2.51. The fourth-order valence-electron chi connectivity index (χ4n) is 3.83. The monoisotopic (exact) mass is 359 g/mol. The molecule has 0 unspecified atom stereocenters. The fourth-order valence-corrected chi connectivity index (χ4v) is 3.83. The van der Waals surface area contributed by atoms with Crippen molar-refractivity contribution in [2.24, 2.45) is 5.92 Å². The zero-order valence-electron chi connectivity index (χ0n) is 16.2. The van der Waals surface area contributed by atoms with Crippen LogP contribution in [0.1, 0.15) is 37.7 Å². The minimum absolute atomic E-state index is 0.0273. The van der Waals surface area contributed by atoms with Gasteiger partial charge < -0.3 is 14.7 Å². The molecule has 0 aromatic carbocycles. The van der Waals surface area contributed by atoms with Crippen molar-refractivity contribution < 1.29 is 9.59 Å². The summed E-state index contributed by atoms with van der Waals surface area (Å²) < 4.78 is 0. The lowest BCUT2D eigenvalue weighted by molar-refractivity contribution is -0.145. The summed E-state index contributed by atoms with van der Waals surface area (Å²) >= 11 is 0. The second-order valence-corrected chi connectivity index (χ2v) is 7.62. The van der Waals surface area contributed by atoms with Crippen molar-refractivity contribution in [2.75, 3.05) is 38.6 Å². The van der Waals surface area contributed by atoms with Gasteiger partial charge in [0.25, 0.3) is 0 Å². The average molecular weight is 359 g/mol. The smallest absolute Gasteiger partial charge is 0.241 e. The van der Waals surface area contributed by atoms with Crippen LogP contribution in [0.4, 0.5) is 5.82 Å². The van der Waals surface area contributed by atoms with Crippen molar-refractivity contribution >= 4 is 17.6 Å². The number of fused-ring (bicyclic) bond motifs is 4. The van der Waals surface area contributed by atoms with Gasteiger partial charge in [-0.1, -0.05) is 6.92 Å². The number of amides is 2. The third-order valence-corrected chi connectivity index (χ3v) is 5.28. The number of hydrogen-bond acceptors (Lipinski definition) is 5. The second-order valence-electron chi connectivity index (χ2n) is 7.62.